The number of aryl methyl sites for hydroxylation is 2. The van der Waals surface area contributed by atoms with E-state index in [0.29, 0.717) is 5.92 Å². The Morgan fingerprint density at radius 2 is 1.84 bits per heavy atom. The number of nitrogens with zero attached hydrogens (tertiary/aromatic N) is 1. The molecule has 0 aliphatic carbocycles. The van der Waals surface area contributed by atoms with Crippen molar-refractivity contribution in [1.82, 2.24) is 10.3 Å². The van der Waals surface area contributed by atoms with Gasteiger partial charge in [-0.05, 0) is 49.6 Å². The molecular formula is C27H26N2OS. The molecule has 3 nitrogen and oxygen atoms in total. The molecule has 31 heavy (non-hydrogen) atoms. The van der Waals surface area contributed by atoms with Gasteiger partial charge in [0.2, 0.25) is 0 Å². The average Bonchev–Trinajstić information content (AvgIpc) is 3.20. The van der Waals surface area contributed by atoms with Gasteiger partial charge in [-0.15, -0.1) is 11.3 Å². The molecule has 2 atom stereocenters. The summed E-state index contributed by atoms with van der Waals surface area (Å²) in [6.07, 6.45) is 1.81. The van der Waals surface area contributed by atoms with E-state index in [1.165, 1.54) is 16.0 Å². The molecule has 2 unspecified atom stereocenters. The largest absolute Gasteiger partial charge is 0.307 e. The zero-order valence-corrected chi connectivity index (χ0v) is 18.7. The number of piperidine rings is 1. The molecule has 1 saturated heterocycles. The Hall–Kier alpha value is -2.82. The number of benzene rings is 3. The van der Waals surface area contributed by atoms with Gasteiger partial charge in [-0.1, -0.05) is 72.3 Å². The normalized spacial score (nSPS) is 18.9. The second kappa shape index (κ2) is 8.37. The fourth-order valence-electron chi connectivity index (χ4n) is 4.62. The molecule has 1 aromatic heterocycles. The Balaban J connectivity index is 1.41. The van der Waals surface area contributed by atoms with Crippen LogP contribution in [0.4, 0.5) is 0 Å². The number of aromatic nitrogens is 1. The lowest BCUT2D eigenvalue weighted by Crippen LogP contribution is -2.43. The van der Waals surface area contributed by atoms with E-state index in [1.54, 1.807) is 11.3 Å². The zero-order valence-electron chi connectivity index (χ0n) is 17.9. The molecule has 156 valence electrons. The number of fused-ring (bicyclic) bond motifs is 1. The van der Waals surface area contributed by atoms with E-state index in [-0.39, 0.29) is 11.8 Å². The summed E-state index contributed by atoms with van der Waals surface area (Å²) < 4.78 is 0. The second-order valence-corrected chi connectivity index (χ2v) is 9.49. The van der Waals surface area contributed by atoms with Gasteiger partial charge >= 0.3 is 0 Å². The lowest BCUT2D eigenvalue weighted by Gasteiger charge is -2.28. The molecule has 4 heteroatoms. The quantitative estimate of drug-likeness (QED) is 0.390. The van der Waals surface area contributed by atoms with E-state index in [9.17, 15) is 4.79 Å². The van der Waals surface area contributed by atoms with E-state index < -0.39 is 0 Å². The van der Waals surface area contributed by atoms with Crippen LogP contribution in [0, 0.1) is 13.8 Å². The standard InChI is InChI=1S/C27H26N2OS/c1-17-7-5-10-20(15-17)26-18(2)29-27(31-26)21-13-14-28-24(16-21)25(30)23-12-6-9-19-8-3-4-11-22(19)23/h3-12,15,21,24,28H,13-14,16H2,1-2H3. The third kappa shape index (κ3) is 3.93. The van der Waals surface area contributed by atoms with E-state index in [2.05, 4.69) is 55.6 Å². The zero-order chi connectivity index (χ0) is 21.4. The van der Waals surface area contributed by atoms with Crippen LogP contribution in [0.2, 0.25) is 0 Å². The summed E-state index contributed by atoms with van der Waals surface area (Å²) in [6.45, 7) is 5.05. The first-order valence-corrected chi connectivity index (χ1v) is 11.7. The molecule has 0 saturated carbocycles. The van der Waals surface area contributed by atoms with Crippen LogP contribution < -0.4 is 5.32 Å². The molecule has 0 bridgehead atoms. The first-order chi connectivity index (χ1) is 15.1. The molecule has 1 fully saturated rings. The van der Waals surface area contributed by atoms with Crippen LogP contribution in [0.25, 0.3) is 21.2 Å². The van der Waals surface area contributed by atoms with Crippen molar-refractivity contribution in [2.45, 2.75) is 38.6 Å². The Kier molecular flexibility index (Phi) is 5.43. The van der Waals surface area contributed by atoms with Gasteiger partial charge in [0.25, 0.3) is 0 Å². The van der Waals surface area contributed by atoms with E-state index >= 15 is 0 Å². The van der Waals surface area contributed by atoms with Crippen LogP contribution in [-0.2, 0) is 0 Å². The van der Waals surface area contributed by atoms with E-state index in [1.807, 2.05) is 30.3 Å². The van der Waals surface area contributed by atoms with Crippen LogP contribution in [0.3, 0.4) is 0 Å². The molecule has 1 N–H and O–H groups in total. The second-order valence-electron chi connectivity index (χ2n) is 8.46. The summed E-state index contributed by atoms with van der Waals surface area (Å²) in [5.74, 6) is 0.501. The maximum Gasteiger partial charge on any atom is 0.180 e. The molecule has 0 amide bonds. The number of carbonyl (C=O) groups is 1. The number of Topliss-reactive ketones (excluding diaryl/α,β-unsaturated/α-hetero) is 1. The molecule has 4 aromatic rings. The average molecular weight is 427 g/mol. The third-order valence-corrected chi connectivity index (χ3v) is 7.59. The van der Waals surface area contributed by atoms with E-state index in [4.69, 9.17) is 4.98 Å². The Morgan fingerprint density at radius 3 is 2.71 bits per heavy atom. The molecule has 0 spiro atoms. The highest BCUT2D eigenvalue weighted by atomic mass is 32.1. The van der Waals surface area contributed by atoms with Gasteiger partial charge in [0, 0.05) is 11.5 Å². The van der Waals surface area contributed by atoms with Gasteiger partial charge in [-0.2, -0.15) is 0 Å². The Morgan fingerprint density at radius 1 is 1.03 bits per heavy atom. The fourth-order valence-corrected chi connectivity index (χ4v) is 5.83. The summed E-state index contributed by atoms with van der Waals surface area (Å²) in [4.78, 5) is 19.6. The summed E-state index contributed by atoms with van der Waals surface area (Å²) in [5.41, 5.74) is 4.39. The minimum absolute atomic E-state index is 0.170. The van der Waals surface area contributed by atoms with Crippen molar-refractivity contribution in [2.75, 3.05) is 6.54 Å². The number of hydrogen-bond donors (Lipinski definition) is 1. The maximum absolute atomic E-state index is 13.4. The number of carbonyl (C=O) groups excluding carboxylic acids is 1. The number of nitrogens with one attached hydrogen (secondary N) is 1. The maximum atomic E-state index is 13.4. The van der Waals surface area contributed by atoms with Crippen molar-refractivity contribution in [3.05, 3.63) is 88.6 Å². The molecular weight excluding hydrogens is 400 g/mol. The predicted molar refractivity (Wildman–Crippen MR) is 129 cm³/mol. The van der Waals surface area contributed by atoms with Crippen LogP contribution in [0.1, 0.15) is 45.4 Å². The van der Waals surface area contributed by atoms with Gasteiger partial charge in [-0.25, -0.2) is 4.98 Å². The third-order valence-electron chi connectivity index (χ3n) is 6.22. The van der Waals surface area contributed by atoms with Crippen molar-refractivity contribution in [3.8, 4) is 10.4 Å². The number of thiazole rings is 1. The first-order valence-electron chi connectivity index (χ1n) is 10.9. The minimum Gasteiger partial charge on any atom is -0.307 e. The number of rotatable bonds is 4. The monoisotopic (exact) mass is 426 g/mol. The fraction of sp³-hybridized carbons (Fsp3) is 0.259. The van der Waals surface area contributed by atoms with Gasteiger partial charge in [0.05, 0.1) is 21.6 Å². The summed E-state index contributed by atoms with van der Waals surface area (Å²) in [6, 6.07) is 22.6. The Bertz CT molecular complexity index is 1250. The highest BCUT2D eigenvalue weighted by Gasteiger charge is 2.31. The lowest BCUT2D eigenvalue weighted by molar-refractivity contribution is 0.0922. The topological polar surface area (TPSA) is 42.0 Å². The number of hydrogen-bond acceptors (Lipinski definition) is 4. The highest BCUT2D eigenvalue weighted by Crippen LogP contribution is 2.38. The van der Waals surface area contributed by atoms with Gasteiger partial charge < -0.3 is 5.32 Å². The molecule has 2 heterocycles. The van der Waals surface area contributed by atoms with Crippen LogP contribution in [0.5, 0.6) is 0 Å². The van der Waals surface area contributed by atoms with Crippen molar-refractivity contribution < 1.29 is 4.79 Å². The summed E-state index contributed by atoms with van der Waals surface area (Å²) in [7, 11) is 0. The molecule has 1 aliphatic heterocycles. The molecule has 3 aromatic carbocycles. The minimum atomic E-state index is -0.170. The first kappa shape index (κ1) is 20.1. The van der Waals surface area contributed by atoms with E-state index in [0.717, 1.165) is 46.4 Å². The smallest absolute Gasteiger partial charge is 0.180 e. The predicted octanol–water partition coefficient (Wildman–Crippen LogP) is 6.30. The van der Waals surface area contributed by atoms with Gasteiger partial charge in [-0.3, -0.25) is 4.79 Å². The summed E-state index contributed by atoms with van der Waals surface area (Å²) in [5, 5.41) is 6.77. The van der Waals surface area contributed by atoms with Gasteiger partial charge in [0.15, 0.2) is 5.78 Å². The highest BCUT2D eigenvalue weighted by molar-refractivity contribution is 7.15. The molecule has 1 aliphatic rings. The van der Waals surface area contributed by atoms with Crippen molar-refractivity contribution in [2.24, 2.45) is 0 Å². The molecule has 5 rings (SSSR count). The lowest BCUT2D eigenvalue weighted by atomic mass is 9.87. The van der Waals surface area contributed by atoms with Crippen molar-refractivity contribution in [1.29, 1.82) is 0 Å². The van der Waals surface area contributed by atoms with Crippen molar-refractivity contribution >= 4 is 27.9 Å². The summed E-state index contributed by atoms with van der Waals surface area (Å²) >= 11 is 1.79. The van der Waals surface area contributed by atoms with Crippen LogP contribution >= 0.6 is 11.3 Å². The SMILES string of the molecule is Cc1cccc(-c2sc(C3CCNC(C(=O)c4cccc5ccccc45)C3)nc2C)c1. The van der Waals surface area contributed by atoms with Gasteiger partial charge in [0.1, 0.15) is 0 Å². The van der Waals surface area contributed by atoms with Crippen LogP contribution in [0.15, 0.2) is 66.7 Å². The van der Waals surface area contributed by atoms with Crippen molar-refractivity contribution in [3.63, 3.8) is 0 Å². The van der Waals surface area contributed by atoms with Crippen LogP contribution in [-0.4, -0.2) is 23.4 Å². The molecule has 0 radical (unpaired) electrons. The Labute approximate surface area is 187 Å². The number of ketones is 1.